The number of aromatic amines is 1. The quantitative estimate of drug-likeness (QED) is 0.342. The van der Waals surface area contributed by atoms with E-state index in [0.717, 1.165) is 24.0 Å². The maximum Gasteiger partial charge on any atom is 0.330 e. The van der Waals surface area contributed by atoms with Gasteiger partial charge in [0, 0.05) is 26.7 Å². The first-order valence-corrected chi connectivity index (χ1v) is 11.8. The second kappa shape index (κ2) is 12.8. The van der Waals surface area contributed by atoms with Crippen LogP contribution in [-0.2, 0) is 11.3 Å². The van der Waals surface area contributed by atoms with Gasteiger partial charge < -0.3 is 25.2 Å². The van der Waals surface area contributed by atoms with Crippen molar-refractivity contribution in [2.45, 2.75) is 32.4 Å². The number of nitrogens with one attached hydrogen (secondary N) is 1. The van der Waals surface area contributed by atoms with E-state index in [4.69, 9.17) is 15.2 Å². The van der Waals surface area contributed by atoms with Gasteiger partial charge in [0.05, 0.1) is 6.61 Å². The Morgan fingerprint density at radius 1 is 1.09 bits per heavy atom. The van der Waals surface area contributed by atoms with Crippen molar-refractivity contribution in [1.29, 1.82) is 0 Å². The highest BCUT2D eigenvalue weighted by molar-refractivity contribution is 5.64. The van der Waals surface area contributed by atoms with Crippen molar-refractivity contribution in [3.8, 4) is 16.9 Å². The first-order chi connectivity index (χ1) is 16.9. The normalized spacial score (nSPS) is 11.9. The van der Waals surface area contributed by atoms with Crippen molar-refractivity contribution >= 4 is 11.5 Å². The van der Waals surface area contributed by atoms with E-state index < -0.39 is 17.4 Å². The van der Waals surface area contributed by atoms with E-state index in [-0.39, 0.29) is 24.7 Å². The lowest BCUT2D eigenvalue weighted by atomic mass is 10.1. The van der Waals surface area contributed by atoms with Gasteiger partial charge in [0.25, 0.3) is 5.56 Å². The predicted octanol–water partition coefficient (Wildman–Crippen LogP) is 2.48. The molecular formula is C26H34N4O5. The number of nitrogens with zero attached hydrogens (tertiary/aromatic N) is 2. The minimum atomic E-state index is -0.921. The van der Waals surface area contributed by atoms with Crippen LogP contribution >= 0.6 is 0 Å². The molecule has 4 N–H and O–H groups in total. The van der Waals surface area contributed by atoms with Gasteiger partial charge in [-0.15, -0.1) is 0 Å². The highest BCUT2D eigenvalue weighted by atomic mass is 16.5. The van der Waals surface area contributed by atoms with Gasteiger partial charge in [-0.3, -0.25) is 14.3 Å². The van der Waals surface area contributed by atoms with Crippen LogP contribution in [0.5, 0.6) is 5.75 Å². The second-order valence-corrected chi connectivity index (χ2v) is 8.29. The lowest BCUT2D eigenvalue weighted by Gasteiger charge is -2.28. The van der Waals surface area contributed by atoms with Crippen molar-refractivity contribution in [1.82, 2.24) is 9.55 Å². The number of methoxy groups -OCH3 is 1. The SMILES string of the molecule is CCCCn1c(N)c(N(CCOC)CC(O)COc2ccc(-c3ccccc3)cc2)c(=O)[nH]c1=O. The van der Waals surface area contributed by atoms with Gasteiger partial charge in [-0.2, -0.15) is 0 Å². The van der Waals surface area contributed by atoms with Gasteiger partial charge in [-0.25, -0.2) is 4.79 Å². The average molecular weight is 483 g/mol. The number of unbranched alkanes of at least 4 members (excludes halogenated alkanes) is 1. The van der Waals surface area contributed by atoms with Crippen LogP contribution in [0.15, 0.2) is 64.2 Å². The standard InChI is InChI=1S/C26H34N4O5/c1-3-4-14-30-24(27)23(25(32)28-26(30)33)29(15-16-34-2)17-21(31)18-35-22-12-10-20(11-13-22)19-8-6-5-7-9-19/h5-13,21,31H,3-4,14-18,27H2,1-2H3,(H,28,32,33). The topological polar surface area (TPSA) is 123 Å². The summed E-state index contributed by atoms with van der Waals surface area (Å²) < 4.78 is 12.3. The third kappa shape index (κ3) is 6.97. The Morgan fingerprint density at radius 3 is 2.43 bits per heavy atom. The molecule has 0 aliphatic rings. The second-order valence-electron chi connectivity index (χ2n) is 8.29. The van der Waals surface area contributed by atoms with Crippen LogP contribution in [0, 0.1) is 0 Å². The molecule has 1 heterocycles. The van der Waals surface area contributed by atoms with Crippen LogP contribution in [0.1, 0.15) is 19.8 Å². The predicted molar refractivity (Wildman–Crippen MR) is 138 cm³/mol. The number of aliphatic hydroxyl groups is 1. The lowest BCUT2D eigenvalue weighted by Crippen LogP contribution is -2.43. The van der Waals surface area contributed by atoms with Crippen LogP contribution in [-0.4, -0.2) is 54.2 Å². The van der Waals surface area contributed by atoms with E-state index in [0.29, 0.717) is 25.4 Å². The van der Waals surface area contributed by atoms with Crippen LogP contribution in [0.2, 0.25) is 0 Å². The van der Waals surface area contributed by atoms with E-state index in [9.17, 15) is 14.7 Å². The summed E-state index contributed by atoms with van der Waals surface area (Å²) in [7, 11) is 1.55. The Balaban J connectivity index is 1.71. The Kier molecular flexibility index (Phi) is 9.51. The zero-order valence-electron chi connectivity index (χ0n) is 20.3. The molecule has 0 spiro atoms. The smallest absolute Gasteiger partial charge is 0.330 e. The summed E-state index contributed by atoms with van der Waals surface area (Å²) in [5.41, 5.74) is 7.43. The number of nitrogens with two attached hydrogens (primary N) is 1. The fraction of sp³-hybridized carbons (Fsp3) is 0.385. The monoisotopic (exact) mass is 482 g/mol. The molecule has 188 valence electrons. The summed E-state index contributed by atoms with van der Waals surface area (Å²) in [5, 5.41) is 10.7. The Labute approximate surface area is 204 Å². The fourth-order valence-corrected chi connectivity index (χ4v) is 3.79. The third-order valence-electron chi connectivity index (χ3n) is 5.67. The van der Waals surface area contributed by atoms with E-state index >= 15 is 0 Å². The van der Waals surface area contributed by atoms with Crippen LogP contribution in [0.4, 0.5) is 11.5 Å². The molecule has 3 aromatic rings. The molecule has 0 fully saturated rings. The highest BCUT2D eigenvalue weighted by Crippen LogP contribution is 2.22. The molecule has 1 unspecified atom stereocenters. The van der Waals surface area contributed by atoms with Crippen LogP contribution in [0.3, 0.4) is 0 Å². The molecule has 0 radical (unpaired) electrons. The van der Waals surface area contributed by atoms with Crippen molar-refractivity contribution in [2.24, 2.45) is 0 Å². The summed E-state index contributed by atoms with van der Waals surface area (Å²) in [6, 6.07) is 17.6. The number of benzene rings is 2. The van der Waals surface area contributed by atoms with E-state index in [1.54, 1.807) is 12.0 Å². The zero-order chi connectivity index (χ0) is 25.2. The van der Waals surface area contributed by atoms with Gasteiger partial charge in [-0.05, 0) is 29.7 Å². The van der Waals surface area contributed by atoms with Crippen molar-refractivity contribution in [2.75, 3.05) is 44.0 Å². The summed E-state index contributed by atoms with van der Waals surface area (Å²) >= 11 is 0. The van der Waals surface area contributed by atoms with E-state index in [2.05, 4.69) is 4.98 Å². The Morgan fingerprint density at radius 2 is 1.77 bits per heavy atom. The molecule has 2 aromatic carbocycles. The summed E-state index contributed by atoms with van der Waals surface area (Å²) in [6.07, 6.45) is 0.694. The van der Waals surface area contributed by atoms with Gasteiger partial charge in [0.1, 0.15) is 30.0 Å². The number of hydrogen-bond acceptors (Lipinski definition) is 7. The van der Waals surface area contributed by atoms with Gasteiger partial charge in [-0.1, -0.05) is 55.8 Å². The molecule has 35 heavy (non-hydrogen) atoms. The molecule has 9 nitrogen and oxygen atoms in total. The van der Waals surface area contributed by atoms with E-state index in [1.165, 1.54) is 4.57 Å². The molecule has 0 bridgehead atoms. The summed E-state index contributed by atoms with van der Waals surface area (Å²) in [4.78, 5) is 28.9. The Hall–Kier alpha value is -3.56. The van der Waals surface area contributed by atoms with Crippen molar-refractivity contribution in [3.63, 3.8) is 0 Å². The molecule has 0 amide bonds. The number of aromatic nitrogens is 2. The number of hydrogen-bond donors (Lipinski definition) is 3. The molecule has 0 aliphatic heterocycles. The largest absolute Gasteiger partial charge is 0.491 e. The maximum absolute atomic E-state index is 12.7. The number of aliphatic hydroxyl groups excluding tert-OH is 1. The molecule has 0 aliphatic carbocycles. The first kappa shape index (κ1) is 26.1. The van der Waals surface area contributed by atoms with Crippen LogP contribution < -0.4 is 26.6 Å². The maximum atomic E-state index is 12.7. The van der Waals surface area contributed by atoms with Crippen molar-refractivity contribution < 1.29 is 14.6 Å². The number of H-pyrrole nitrogens is 1. The highest BCUT2D eigenvalue weighted by Gasteiger charge is 2.21. The number of nitrogen functional groups attached to an aromatic ring is 1. The van der Waals surface area contributed by atoms with Gasteiger partial charge >= 0.3 is 5.69 Å². The number of rotatable bonds is 13. The fourth-order valence-electron chi connectivity index (χ4n) is 3.79. The lowest BCUT2D eigenvalue weighted by molar-refractivity contribution is 0.110. The molecule has 0 saturated carbocycles. The molecule has 3 rings (SSSR count). The molecular weight excluding hydrogens is 448 g/mol. The van der Waals surface area contributed by atoms with Crippen molar-refractivity contribution in [3.05, 3.63) is 75.4 Å². The average Bonchev–Trinajstić information content (AvgIpc) is 2.86. The minimum absolute atomic E-state index is 0.0153. The van der Waals surface area contributed by atoms with Gasteiger partial charge in [0.2, 0.25) is 0 Å². The first-order valence-electron chi connectivity index (χ1n) is 11.8. The van der Waals surface area contributed by atoms with E-state index in [1.807, 2.05) is 61.5 Å². The molecule has 9 heteroatoms. The molecule has 0 saturated heterocycles. The van der Waals surface area contributed by atoms with Crippen LogP contribution in [0.25, 0.3) is 11.1 Å². The third-order valence-corrected chi connectivity index (χ3v) is 5.67. The number of ether oxygens (including phenoxy) is 2. The summed E-state index contributed by atoms with van der Waals surface area (Å²) in [5.74, 6) is 0.700. The zero-order valence-corrected chi connectivity index (χ0v) is 20.3. The minimum Gasteiger partial charge on any atom is -0.491 e. The van der Waals surface area contributed by atoms with Gasteiger partial charge in [0.15, 0.2) is 0 Å². The summed E-state index contributed by atoms with van der Waals surface area (Å²) in [6.45, 7) is 3.10. The molecule has 1 atom stereocenters. The number of anilines is 2. The Bertz CT molecular complexity index is 1180. The molecule has 1 aromatic heterocycles.